The Kier molecular flexibility index (Phi) is 4.93. The maximum atomic E-state index is 13.3. The molecule has 27 heavy (non-hydrogen) atoms. The van der Waals surface area contributed by atoms with Crippen LogP contribution in [0.1, 0.15) is 41.1 Å². The third-order valence-corrected chi connectivity index (χ3v) is 7.42. The molecule has 1 aliphatic heterocycles. The fourth-order valence-electron chi connectivity index (χ4n) is 4.19. The van der Waals surface area contributed by atoms with Crippen LogP contribution < -0.4 is 4.72 Å². The first-order valence-electron chi connectivity index (χ1n) is 9.57. The second kappa shape index (κ2) is 7.23. The predicted octanol–water partition coefficient (Wildman–Crippen LogP) is 3.81. The van der Waals surface area contributed by atoms with E-state index in [4.69, 9.17) is 0 Å². The summed E-state index contributed by atoms with van der Waals surface area (Å²) in [4.78, 5) is 2.76. The highest BCUT2D eigenvalue weighted by Crippen LogP contribution is 2.34. The average molecular weight is 383 g/mol. The van der Waals surface area contributed by atoms with Gasteiger partial charge in [-0.05, 0) is 68.1 Å². The molecule has 4 nitrogen and oxygen atoms in total. The van der Waals surface area contributed by atoms with Crippen molar-refractivity contribution >= 4 is 16.1 Å². The van der Waals surface area contributed by atoms with Crippen molar-refractivity contribution in [2.75, 3.05) is 13.1 Å². The Bertz CT molecular complexity index is 976. The molecule has 2 aromatic rings. The molecule has 0 bridgehead atoms. The van der Waals surface area contributed by atoms with Crippen LogP contribution in [0.5, 0.6) is 0 Å². The standard InChI is InChI=1S/C22H26N2O2S/c1-16-8-7-11-21(17(16)2)27(25,26)23-22-19-10-4-3-9-18(19)12-13-20(22)24-14-5-6-15-24/h3-4,7-13,20,22-23H,5-6,14-15H2,1-2H3/t20-,22+/m0/s1. The Hall–Kier alpha value is -1.95. The first kappa shape index (κ1) is 18.4. The third-order valence-electron chi connectivity index (χ3n) is 5.83. The highest BCUT2D eigenvalue weighted by atomic mass is 32.2. The summed E-state index contributed by atoms with van der Waals surface area (Å²) in [5, 5.41) is 0. The SMILES string of the molecule is Cc1cccc(S(=O)(=O)N[C@@H]2c3ccccc3C=C[C@@H]2N2CCCC2)c1C. The quantitative estimate of drug-likeness (QED) is 0.875. The first-order chi connectivity index (χ1) is 13.0. The Labute approximate surface area is 162 Å². The van der Waals surface area contributed by atoms with Crippen LogP contribution in [0.3, 0.4) is 0 Å². The van der Waals surface area contributed by atoms with Crippen LogP contribution in [0, 0.1) is 13.8 Å². The highest BCUT2D eigenvalue weighted by molar-refractivity contribution is 7.89. The average Bonchev–Trinajstić information content (AvgIpc) is 3.18. The van der Waals surface area contributed by atoms with E-state index in [1.807, 2.05) is 50.2 Å². The van der Waals surface area contributed by atoms with Gasteiger partial charge in [0.1, 0.15) is 0 Å². The largest absolute Gasteiger partial charge is 0.295 e. The number of benzene rings is 2. The Morgan fingerprint density at radius 2 is 1.74 bits per heavy atom. The third kappa shape index (κ3) is 3.47. The Morgan fingerprint density at radius 1 is 1.00 bits per heavy atom. The van der Waals surface area contributed by atoms with Gasteiger partial charge in [-0.3, -0.25) is 4.90 Å². The molecule has 0 saturated carbocycles. The second-order valence-corrected chi connectivity index (χ2v) is 9.20. The highest BCUT2D eigenvalue weighted by Gasteiger charge is 2.35. The molecule has 1 saturated heterocycles. The van der Waals surface area contributed by atoms with Gasteiger partial charge in [-0.25, -0.2) is 13.1 Å². The molecule has 4 rings (SSSR count). The number of nitrogens with zero attached hydrogens (tertiary/aromatic N) is 1. The minimum Gasteiger partial charge on any atom is -0.295 e. The van der Waals surface area contributed by atoms with Crippen LogP contribution >= 0.6 is 0 Å². The lowest BCUT2D eigenvalue weighted by Gasteiger charge is -2.36. The lowest BCUT2D eigenvalue weighted by atomic mass is 9.89. The van der Waals surface area contributed by atoms with E-state index in [-0.39, 0.29) is 12.1 Å². The molecule has 0 unspecified atom stereocenters. The van der Waals surface area contributed by atoms with E-state index in [2.05, 4.69) is 21.8 Å². The molecule has 2 atom stereocenters. The van der Waals surface area contributed by atoms with Gasteiger partial charge in [0.25, 0.3) is 0 Å². The number of fused-ring (bicyclic) bond motifs is 1. The summed E-state index contributed by atoms with van der Waals surface area (Å²) >= 11 is 0. The zero-order valence-electron chi connectivity index (χ0n) is 15.9. The summed E-state index contributed by atoms with van der Waals surface area (Å²) in [7, 11) is -3.63. The molecule has 0 radical (unpaired) electrons. The normalized spacial score (nSPS) is 22.7. The molecule has 1 N–H and O–H groups in total. The molecule has 2 aliphatic rings. The van der Waals surface area contributed by atoms with Crippen molar-refractivity contribution in [3.8, 4) is 0 Å². The fourth-order valence-corrected chi connectivity index (χ4v) is 5.74. The van der Waals surface area contributed by atoms with E-state index in [1.54, 1.807) is 6.07 Å². The Morgan fingerprint density at radius 3 is 2.52 bits per heavy atom. The van der Waals surface area contributed by atoms with Gasteiger partial charge in [0, 0.05) is 6.04 Å². The molecule has 2 aromatic carbocycles. The number of sulfonamides is 1. The van der Waals surface area contributed by atoms with Crippen molar-refractivity contribution in [1.82, 2.24) is 9.62 Å². The van der Waals surface area contributed by atoms with Crippen LogP contribution in [0.25, 0.3) is 6.08 Å². The molecule has 142 valence electrons. The van der Waals surface area contributed by atoms with Gasteiger partial charge in [-0.15, -0.1) is 0 Å². The summed E-state index contributed by atoms with van der Waals surface area (Å²) in [6.07, 6.45) is 6.62. The molecule has 0 aromatic heterocycles. The summed E-state index contributed by atoms with van der Waals surface area (Å²) in [5.74, 6) is 0. The maximum Gasteiger partial charge on any atom is 0.241 e. The summed E-state index contributed by atoms with van der Waals surface area (Å²) in [6.45, 7) is 5.84. The van der Waals surface area contributed by atoms with E-state index >= 15 is 0 Å². The predicted molar refractivity (Wildman–Crippen MR) is 109 cm³/mol. The van der Waals surface area contributed by atoms with Crippen LogP contribution in [0.15, 0.2) is 53.4 Å². The summed E-state index contributed by atoms with van der Waals surface area (Å²) in [5.41, 5.74) is 3.92. The van der Waals surface area contributed by atoms with Crippen molar-refractivity contribution in [1.29, 1.82) is 0 Å². The summed E-state index contributed by atoms with van der Waals surface area (Å²) < 4.78 is 29.6. The van der Waals surface area contributed by atoms with Crippen LogP contribution in [-0.4, -0.2) is 32.4 Å². The molecular formula is C22H26N2O2S. The first-order valence-corrected chi connectivity index (χ1v) is 11.1. The molecule has 1 fully saturated rings. The second-order valence-electron chi connectivity index (χ2n) is 7.52. The van der Waals surface area contributed by atoms with Crippen LogP contribution in [-0.2, 0) is 10.0 Å². The van der Waals surface area contributed by atoms with Gasteiger partial charge >= 0.3 is 0 Å². The van der Waals surface area contributed by atoms with E-state index < -0.39 is 10.0 Å². The maximum absolute atomic E-state index is 13.3. The molecule has 1 aliphatic carbocycles. The zero-order chi connectivity index (χ0) is 19.0. The lowest BCUT2D eigenvalue weighted by molar-refractivity contribution is 0.243. The van der Waals surface area contributed by atoms with Crippen molar-refractivity contribution in [2.45, 2.75) is 43.7 Å². The molecular weight excluding hydrogens is 356 g/mol. The number of rotatable bonds is 4. The van der Waals surface area contributed by atoms with Crippen molar-refractivity contribution in [3.05, 3.63) is 70.8 Å². The molecule has 0 amide bonds. The van der Waals surface area contributed by atoms with Gasteiger partial charge in [-0.2, -0.15) is 0 Å². The molecule has 5 heteroatoms. The van der Waals surface area contributed by atoms with E-state index in [0.717, 1.165) is 35.3 Å². The number of hydrogen-bond donors (Lipinski definition) is 1. The van der Waals surface area contributed by atoms with Gasteiger partial charge in [0.15, 0.2) is 0 Å². The van der Waals surface area contributed by atoms with Gasteiger partial charge in [0.2, 0.25) is 10.0 Å². The van der Waals surface area contributed by atoms with Crippen molar-refractivity contribution < 1.29 is 8.42 Å². The van der Waals surface area contributed by atoms with Gasteiger partial charge in [0.05, 0.1) is 10.9 Å². The van der Waals surface area contributed by atoms with E-state index in [1.165, 1.54) is 12.8 Å². The topological polar surface area (TPSA) is 49.4 Å². The van der Waals surface area contributed by atoms with Gasteiger partial charge < -0.3 is 0 Å². The molecule has 1 heterocycles. The zero-order valence-corrected chi connectivity index (χ0v) is 16.7. The number of nitrogens with one attached hydrogen (secondary N) is 1. The van der Waals surface area contributed by atoms with E-state index in [9.17, 15) is 8.42 Å². The minimum atomic E-state index is -3.63. The molecule has 0 spiro atoms. The van der Waals surface area contributed by atoms with E-state index in [0.29, 0.717) is 4.90 Å². The van der Waals surface area contributed by atoms with Gasteiger partial charge in [-0.1, -0.05) is 48.6 Å². The van der Waals surface area contributed by atoms with Crippen LogP contribution in [0.2, 0.25) is 0 Å². The minimum absolute atomic E-state index is 0.0438. The number of likely N-dealkylation sites (tertiary alicyclic amines) is 1. The van der Waals surface area contributed by atoms with Crippen molar-refractivity contribution in [3.63, 3.8) is 0 Å². The number of aryl methyl sites for hydroxylation is 1. The monoisotopic (exact) mass is 382 g/mol. The smallest absolute Gasteiger partial charge is 0.241 e. The lowest BCUT2D eigenvalue weighted by Crippen LogP contribution is -2.45. The Balaban J connectivity index is 1.74. The van der Waals surface area contributed by atoms with Crippen molar-refractivity contribution in [2.24, 2.45) is 0 Å². The number of hydrogen-bond acceptors (Lipinski definition) is 3. The summed E-state index contributed by atoms with van der Waals surface area (Å²) in [6, 6.07) is 13.3. The fraction of sp³-hybridized carbons (Fsp3) is 0.364. The van der Waals surface area contributed by atoms with Crippen LogP contribution in [0.4, 0.5) is 0 Å².